The molecule has 0 unspecified atom stereocenters. The van der Waals surface area contributed by atoms with E-state index >= 15 is 0 Å². The van der Waals surface area contributed by atoms with Gasteiger partial charge in [-0.3, -0.25) is 0 Å². The Morgan fingerprint density at radius 3 is 2.52 bits per heavy atom. The molecule has 0 bridgehead atoms. The molecule has 21 heavy (non-hydrogen) atoms. The molecule has 2 N–H and O–H groups in total. The highest BCUT2D eigenvalue weighted by Crippen LogP contribution is 2.20. The largest absolute Gasteiger partial charge is 0.478 e. The summed E-state index contributed by atoms with van der Waals surface area (Å²) < 4.78 is 27.6. The van der Waals surface area contributed by atoms with Gasteiger partial charge in [-0.05, 0) is 57.6 Å². The first-order chi connectivity index (χ1) is 9.81. The third-order valence-electron chi connectivity index (χ3n) is 3.84. The van der Waals surface area contributed by atoms with Crippen molar-refractivity contribution in [3.63, 3.8) is 0 Å². The van der Waals surface area contributed by atoms with Crippen LogP contribution in [0.4, 0.5) is 0 Å². The van der Waals surface area contributed by atoms with Crippen LogP contribution in [-0.2, 0) is 10.0 Å². The number of aromatic carboxylic acids is 1. The molecule has 1 aliphatic heterocycles. The lowest BCUT2D eigenvalue weighted by Gasteiger charge is -2.29. The number of hydrogen-bond acceptors (Lipinski definition) is 4. The average molecular weight is 312 g/mol. The van der Waals surface area contributed by atoms with E-state index in [4.69, 9.17) is 5.11 Å². The van der Waals surface area contributed by atoms with Gasteiger partial charge in [0.2, 0.25) is 10.0 Å². The van der Waals surface area contributed by atoms with Crippen LogP contribution < -0.4 is 4.72 Å². The SMILES string of the molecule is Cc1c(C(=O)O)cccc1S(=O)(=O)NC1CCN(C)CC1. The quantitative estimate of drug-likeness (QED) is 0.868. The van der Waals surface area contributed by atoms with Crippen LogP contribution >= 0.6 is 0 Å². The second-order valence-electron chi connectivity index (χ2n) is 5.43. The molecule has 1 saturated heterocycles. The van der Waals surface area contributed by atoms with Gasteiger partial charge in [-0.15, -0.1) is 0 Å². The summed E-state index contributed by atoms with van der Waals surface area (Å²) >= 11 is 0. The molecule has 116 valence electrons. The molecule has 1 heterocycles. The maximum atomic E-state index is 12.5. The molecule has 1 fully saturated rings. The number of nitrogens with zero attached hydrogens (tertiary/aromatic N) is 1. The average Bonchev–Trinajstić information content (AvgIpc) is 2.41. The Balaban J connectivity index is 2.24. The van der Waals surface area contributed by atoms with Crippen molar-refractivity contribution >= 4 is 16.0 Å². The van der Waals surface area contributed by atoms with E-state index in [0.29, 0.717) is 0 Å². The van der Waals surface area contributed by atoms with Gasteiger partial charge in [-0.25, -0.2) is 17.9 Å². The number of piperidine rings is 1. The number of carbonyl (C=O) groups is 1. The van der Waals surface area contributed by atoms with Gasteiger partial charge in [-0.2, -0.15) is 0 Å². The number of carboxylic acids is 1. The summed E-state index contributed by atoms with van der Waals surface area (Å²) in [6.45, 7) is 3.22. The van der Waals surface area contributed by atoms with Gasteiger partial charge in [0, 0.05) is 6.04 Å². The summed E-state index contributed by atoms with van der Waals surface area (Å²) in [5.74, 6) is -1.12. The third kappa shape index (κ3) is 3.61. The molecular formula is C14H20N2O4S. The van der Waals surface area contributed by atoms with Crippen LogP contribution in [0.5, 0.6) is 0 Å². The lowest BCUT2D eigenvalue weighted by molar-refractivity contribution is 0.0696. The fourth-order valence-electron chi connectivity index (χ4n) is 2.55. The fraction of sp³-hybridized carbons (Fsp3) is 0.500. The van der Waals surface area contributed by atoms with E-state index in [1.165, 1.54) is 25.1 Å². The third-order valence-corrected chi connectivity index (χ3v) is 5.51. The molecule has 1 aliphatic rings. The van der Waals surface area contributed by atoms with Crippen molar-refractivity contribution < 1.29 is 18.3 Å². The molecule has 1 aromatic carbocycles. The van der Waals surface area contributed by atoms with E-state index in [1.807, 2.05) is 7.05 Å². The zero-order chi connectivity index (χ0) is 15.6. The number of likely N-dealkylation sites (tertiary alicyclic amines) is 1. The van der Waals surface area contributed by atoms with Crippen LogP contribution in [0.15, 0.2) is 23.1 Å². The Morgan fingerprint density at radius 1 is 1.33 bits per heavy atom. The molecule has 0 aliphatic carbocycles. The van der Waals surface area contributed by atoms with E-state index in [1.54, 1.807) is 0 Å². The zero-order valence-corrected chi connectivity index (χ0v) is 13.0. The molecule has 0 saturated carbocycles. The Labute approximate surface area is 124 Å². The van der Waals surface area contributed by atoms with Crippen LogP contribution in [-0.4, -0.2) is 50.6 Å². The van der Waals surface area contributed by atoms with Crippen LogP contribution in [0, 0.1) is 6.92 Å². The Morgan fingerprint density at radius 2 is 1.95 bits per heavy atom. The van der Waals surface area contributed by atoms with Crippen LogP contribution in [0.2, 0.25) is 0 Å². The summed E-state index contributed by atoms with van der Waals surface area (Å²) in [7, 11) is -1.69. The smallest absolute Gasteiger partial charge is 0.335 e. The van der Waals surface area contributed by atoms with Crippen molar-refractivity contribution in [2.24, 2.45) is 0 Å². The zero-order valence-electron chi connectivity index (χ0n) is 12.2. The summed E-state index contributed by atoms with van der Waals surface area (Å²) in [6.07, 6.45) is 1.51. The summed E-state index contributed by atoms with van der Waals surface area (Å²) in [5.41, 5.74) is 0.284. The summed E-state index contributed by atoms with van der Waals surface area (Å²) in [4.78, 5) is 13.3. The lowest BCUT2D eigenvalue weighted by atomic mass is 10.1. The van der Waals surface area contributed by atoms with Gasteiger partial charge in [0.05, 0.1) is 10.5 Å². The van der Waals surface area contributed by atoms with E-state index in [0.717, 1.165) is 25.9 Å². The molecule has 7 heteroatoms. The lowest BCUT2D eigenvalue weighted by Crippen LogP contribution is -2.43. The maximum absolute atomic E-state index is 12.5. The number of sulfonamides is 1. The Bertz CT molecular complexity index is 634. The van der Waals surface area contributed by atoms with Gasteiger partial charge in [-0.1, -0.05) is 6.07 Å². The highest BCUT2D eigenvalue weighted by atomic mass is 32.2. The summed E-state index contributed by atoms with van der Waals surface area (Å²) in [6, 6.07) is 4.21. The predicted molar refractivity (Wildman–Crippen MR) is 79.0 cm³/mol. The summed E-state index contributed by atoms with van der Waals surface area (Å²) in [5, 5.41) is 9.09. The van der Waals surface area contributed by atoms with Crippen LogP contribution in [0.1, 0.15) is 28.8 Å². The second-order valence-corrected chi connectivity index (χ2v) is 7.12. The second kappa shape index (κ2) is 6.13. The van der Waals surface area contributed by atoms with Gasteiger partial charge in [0.1, 0.15) is 0 Å². The van der Waals surface area contributed by atoms with Gasteiger partial charge in [0.15, 0.2) is 0 Å². The van der Waals surface area contributed by atoms with Crippen molar-refractivity contribution in [1.29, 1.82) is 0 Å². The minimum atomic E-state index is -3.70. The molecule has 2 rings (SSSR count). The standard InChI is InChI=1S/C14H20N2O4S/c1-10-12(14(17)18)4-3-5-13(10)21(19,20)15-11-6-8-16(2)9-7-11/h3-5,11,15H,6-9H2,1-2H3,(H,17,18). The first-order valence-electron chi connectivity index (χ1n) is 6.85. The molecular weight excluding hydrogens is 292 g/mol. The van der Waals surface area contributed by atoms with E-state index in [2.05, 4.69) is 9.62 Å². The highest BCUT2D eigenvalue weighted by molar-refractivity contribution is 7.89. The molecule has 6 nitrogen and oxygen atoms in total. The first-order valence-corrected chi connectivity index (χ1v) is 8.33. The number of carboxylic acid groups (broad SMARTS) is 1. The molecule has 1 aromatic rings. The van der Waals surface area contributed by atoms with Crippen molar-refractivity contribution in [2.45, 2.75) is 30.7 Å². The monoisotopic (exact) mass is 312 g/mol. The van der Waals surface area contributed by atoms with Gasteiger partial charge >= 0.3 is 5.97 Å². The minimum Gasteiger partial charge on any atom is -0.478 e. The van der Waals surface area contributed by atoms with Crippen LogP contribution in [0.25, 0.3) is 0 Å². The van der Waals surface area contributed by atoms with Gasteiger partial charge < -0.3 is 10.0 Å². The number of hydrogen-bond donors (Lipinski definition) is 2. The Kier molecular flexibility index (Phi) is 4.65. The predicted octanol–water partition coefficient (Wildman–Crippen LogP) is 1.07. The van der Waals surface area contributed by atoms with E-state index in [9.17, 15) is 13.2 Å². The fourth-order valence-corrected chi connectivity index (χ4v) is 4.12. The van der Waals surface area contributed by atoms with Crippen molar-refractivity contribution in [2.75, 3.05) is 20.1 Å². The number of nitrogens with one attached hydrogen (secondary N) is 1. The molecule has 0 aromatic heterocycles. The highest BCUT2D eigenvalue weighted by Gasteiger charge is 2.25. The van der Waals surface area contributed by atoms with Crippen molar-refractivity contribution in [1.82, 2.24) is 9.62 Å². The molecule has 0 spiro atoms. The van der Waals surface area contributed by atoms with Gasteiger partial charge in [0.25, 0.3) is 0 Å². The Hall–Kier alpha value is -1.44. The maximum Gasteiger partial charge on any atom is 0.335 e. The number of rotatable bonds is 4. The van der Waals surface area contributed by atoms with Crippen molar-refractivity contribution in [3.05, 3.63) is 29.3 Å². The van der Waals surface area contributed by atoms with Crippen molar-refractivity contribution in [3.8, 4) is 0 Å². The van der Waals surface area contributed by atoms with E-state index in [-0.39, 0.29) is 22.1 Å². The normalized spacial score (nSPS) is 17.8. The minimum absolute atomic E-state index is 0.0150. The molecule has 0 atom stereocenters. The van der Waals surface area contributed by atoms with E-state index < -0.39 is 16.0 Å². The topological polar surface area (TPSA) is 86.7 Å². The molecule has 0 amide bonds. The van der Waals surface area contributed by atoms with Crippen LogP contribution in [0.3, 0.4) is 0 Å². The first kappa shape index (κ1) is 15.9. The molecule has 0 radical (unpaired) electrons. The number of benzene rings is 1.